The van der Waals surface area contributed by atoms with E-state index in [-0.39, 0.29) is 37.3 Å². The zero-order valence-corrected chi connectivity index (χ0v) is 18.8. The number of carbonyl (C=O) groups excluding carboxylic acids is 1. The number of alkyl halides is 2. The van der Waals surface area contributed by atoms with E-state index in [1.54, 1.807) is 0 Å². The van der Waals surface area contributed by atoms with Gasteiger partial charge in [0.05, 0.1) is 11.0 Å². The molecule has 1 saturated heterocycles. The first-order chi connectivity index (χ1) is 14.6. The number of hydrogen-bond acceptors (Lipinski definition) is 3. The van der Waals surface area contributed by atoms with E-state index in [1.807, 2.05) is 16.1 Å². The smallest absolute Gasteiger partial charge is 0.257 e. The fourth-order valence-corrected chi connectivity index (χ4v) is 5.45. The average Bonchev–Trinajstić information content (AvgIpc) is 2.72. The van der Waals surface area contributed by atoms with Gasteiger partial charge in [0.25, 0.3) is 5.91 Å². The molecule has 0 bridgehead atoms. The van der Waals surface area contributed by atoms with E-state index in [0.717, 1.165) is 12.1 Å². The van der Waals surface area contributed by atoms with Crippen LogP contribution in [0.4, 0.5) is 17.6 Å². The van der Waals surface area contributed by atoms with Gasteiger partial charge in [-0.1, -0.05) is 18.5 Å². The monoisotopic (exact) mass is 483 g/mol. The lowest BCUT2D eigenvalue weighted by Crippen LogP contribution is -2.63. The number of nitrogens with one attached hydrogen (secondary N) is 1. The van der Waals surface area contributed by atoms with Gasteiger partial charge in [0.2, 0.25) is 5.92 Å². The number of halogens is 5. The highest BCUT2D eigenvalue weighted by Crippen LogP contribution is 2.41. The van der Waals surface area contributed by atoms with Gasteiger partial charge in [-0.15, -0.1) is 0 Å². The Hall–Kier alpha value is -1.23. The molecule has 0 radical (unpaired) electrons. The Morgan fingerprint density at radius 2 is 1.65 bits per heavy atom. The van der Waals surface area contributed by atoms with Crippen LogP contribution in [0.3, 0.4) is 0 Å². The van der Waals surface area contributed by atoms with Crippen molar-refractivity contribution in [3.05, 3.63) is 34.4 Å². The zero-order chi connectivity index (χ0) is 22.8. The normalized spacial score (nSPS) is 22.8. The molecule has 5 nitrogen and oxygen atoms in total. The number of benzene rings is 1. The van der Waals surface area contributed by atoms with Crippen molar-refractivity contribution in [2.24, 2.45) is 0 Å². The maximum atomic E-state index is 14.1. The number of carbonyl (C=O) groups is 1. The first-order valence-corrected chi connectivity index (χ1v) is 11.9. The van der Waals surface area contributed by atoms with E-state index in [4.69, 9.17) is 11.6 Å². The van der Waals surface area contributed by atoms with Gasteiger partial charge in [0, 0.05) is 61.9 Å². The predicted molar refractivity (Wildman–Crippen MR) is 112 cm³/mol. The molecule has 2 aliphatic rings. The van der Waals surface area contributed by atoms with Crippen LogP contribution in [-0.2, 0) is 11.0 Å². The Balaban J connectivity index is 1.74. The Kier molecular flexibility index (Phi) is 7.66. The lowest BCUT2D eigenvalue weighted by Gasteiger charge is -2.50. The van der Waals surface area contributed by atoms with Crippen LogP contribution >= 0.6 is 11.6 Å². The van der Waals surface area contributed by atoms with Crippen molar-refractivity contribution < 1.29 is 26.6 Å². The minimum Gasteiger partial charge on any atom is -0.350 e. The molecule has 1 unspecified atom stereocenters. The summed E-state index contributed by atoms with van der Waals surface area (Å²) in [5.74, 6) is -5.38. The molecule has 1 heterocycles. The van der Waals surface area contributed by atoms with Crippen molar-refractivity contribution in [3.63, 3.8) is 0 Å². The molecular formula is C20H26ClF4N3O2S. The van der Waals surface area contributed by atoms with Crippen LogP contribution in [0.25, 0.3) is 0 Å². The van der Waals surface area contributed by atoms with Crippen LogP contribution in [0.5, 0.6) is 0 Å². The molecule has 1 N–H and O–H groups in total. The molecule has 1 aliphatic heterocycles. The van der Waals surface area contributed by atoms with Crippen molar-refractivity contribution in [2.75, 3.05) is 38.5 Å². The van der Waals surface area contributed by atoms with Crippen molar-refractivity contribution >= 4 is 28.5 Å². The van der Waals surface area contributed by atoms with E-state index < -0.39 is 45.6 Å². The average molecular weight is 484 g/mol. The summed E-state index contributed by atoms with van der Waals surface area (Å²) in [6, 6.07) is 1.70. The summed E-state index contributed by atoms with van der Waals surface area (Å²) in [4.78, 5) is 14.6. The highest BCUT2D eigenvalue weighted by atomic mass is 35.5. The Bertz CT molecular complexity index is 817. The summed E-state index contributed by atoms with van der Waals surface area (Å²) in [5.41, 5.74) is -1.50. The summed E-state index contributed by atoms with van der Waals surface area (Å²) in [7, 11) is -1.08. The van der Waals surface area contributed by atoms with Crippen LogP contribution in [0.15, 0.2) is 12.1 Å². The quantitative estimate of drug-likeness (QED) is 0.629. The summed E-state index contributed by atoms with van der Waals surface area (Å²) >= 11 is 5.61. The van der Waals surface area contributed by atoms with Gasteiger partial charge in [-0.3, -0.25) is 9.69 Å². The van der Waals surface area contributed by atoms with E-state index in [9.17, 15) is 26.6 Å². The maximum absolute atomic E-state index is 14.1. The molecule has 2 fully saturated rings. The van der Waals surface area contributed by atoms with Crippen LogP contribution in [0, 0.1) is 11.6 Å². The standard InChI is InChI=1S/C20H26ClF4N3O2S/c1-2-31(30)28-9-7-27(8-10-28)19(3-5-20(24,25)6-4-19)13-26-18(29)17-15(22)11-14(21)12-16(17)23/h11-12H,2-10,13H2,1H3,(H,26,29). The highest BCUT2D eigenvalue weighted by Gasteiger charge is 2.47. The van der Waals surface area contributed by atoms with Gasteiger partial charge >= 0.3 is 0 Å². The van der Waals surface area contributed by atoms with E-state index >= 15 is 0 Å². The van der Waals surface area contributed by atoms with Crippen molar-refractivity contribution in [1.82, 2.24) is 14.5 Å². The summed E-state index contributed by atoms with van der Waals surface area (Å²) in [6.45, 7) is 3.88. The summed E-state index contributed by atoms with van der Waals surface area (Å²) in [5, 5.41) is 2.39. The molecule has 3 rings (SSSR count). The molecule has 1 aliphatic carbocycles. The van der Waals surface area contributed by atoms with Crippen LogP contribution in [0.1, 0.15) is 43.0 Å². The van der Waals surface area contributed by atoms with Crippen LogP contribution in [-0.4, -0.2) is 69.3 Å². The largest absolute Gasteiger partial charge is 0.350 e. The SMILES string of the molecule is CCS(=O)N1CCN(C2(CNC(=O)c3c(F)cc(Cl)cc3F)CCC(F)(F)CC2)CC1. The van der Waals surface area contributed by atoms with Gasteiger partial charge in [0.15, 0.2) is 0 Å². The molecule has 1 aromatic rings. The first kappa shape index (κ1) is 24.4. The first-order valence-electron chi connectivity index (χ1n) is 10.3. The molecular weight excluding hydrogens is 458 g/mol. The van der Waals surface area contributed by atoms with Crippen molar-refractivity contribution in [2.45, 2.75) is 44.1 Å². The topological polar surface area (TPSA) is 52.7 Å². The lowest BCUT2D eigenvalue weighted by molar-refractivity contribution is -0.0855. The zero-order valence-electron chi connectivity index (χ0n) is 17.2. The third-order valence-corrected chi connectivity index (χ3v) is 7.82. The minimum absolute atomic E-state index is 0.0136. The molecule has 0 spiro atoms. The number of hydrogen-bond donors (Lipinski definition) is 1. The third-order valence-electron chi connectivity index (χ3n) is 6.17. The van der Waals surface area contributed by atoms with E-state index in [2.05, 4.69) is 5.32 Å². The fraction of sp³-hybridized carbons (Fsp3) is 0.650. The van der Waals surface area contributed by atoms with Gasteiger partial charge < -0.3 is 5.32 Å². The fourth-order valence-electron chi connectivity index (χ4n) is 4.33. The predicted octanol–water partition coefficient (Wildman–Crippen LogP) is 3.60. The molecule has 1 aromatic carbocycles. The molecule has 0 aromatic heterocycles. The molecule has 174 valence electrons. The highest BCUT2D eigenvalue weighted by molar-refractivity contribution is 7.82. The molecule has 1 saturated carbocycles. The van der Waals surface area contributed by atoms with Gasteiger partial charge in [-0.05, 0) is 25.0 Å². The molecule has 31 heavy (non-hydrogen) atoms. The van der Waals surface area contributed by atoms with Gasteiger partial charge in [-0.25, -0.2) is 26.1 Å². The molecule has 1 amide bonds. The Morgan fingerprint density at radius 3 is 2.16 bits per heavy atom. The molecule has 1 atom stereocenters. The number of amides is 1. The van der Waals surface area contributed by atoms with Crippen LogP contribution < -0.4 is 5.32 Å². The van der Waals surface area contributed by atoms with Crippen molar-refractivity contribution in [1.29, 1.82) is 0 Å². The lowest BCUT2D eigenvalue weighted by atomic mass is 9.78. The maximum Gasteiger partial charge on any atom is 0.257 e. The third kappa shape index (κ3) is 5.58. The number of piperazine rings is 1. The second-order valence-corrected chi connectivity index (χ2v) is 10.2. The number of rotatable bonds is 6. The van der Waals surface area contributed by atoms with E-state index in [1.165, 1.54) is 0 Å². The Labute approximate surface area is 186 Å². The van der Waals surface area contributed by atoms with Gasteiger partial charge in [0.1, 0.15) is 17.2 Å². The second-order valence-electron chi connectivity index (χ2n) is 8.03. The summed E-state index contributed by atoms with van der Waals surface area (Å²) in [6.07, 6.45) is -0.368. The van der Waals surface area contributed by atoms with Crippen molar-refractivity contribution in [3.8, 4) is 0 Å². The van der Waals surface area contributed by atoms with Gasteiger partial charge in [-0.2, -0.15) is 0 Å². The second kappa shape index (κ2) is 9.72. The van der Waals surface area contributed by atoms with Crippen LogP contribution in [0.2, 0.25) is 5.02 Å². The summed E-state index contributed by atoms with van der Waals surface area (Å²) < 4.78 is 69.8. The minimum atomic E-state index is -2.77. The number of nitrogens with zero attached hydrogens (tertiary/aromatic N) is 2. The van der Waals surface area contributed by atoms with E-state index in [0.29, 0.717) is 31.9 Å². The Morgan fingerprint density at radius 1 is 1.10 bits per heavy atom. The molecule has 11 heteroatoms.